The topological polar surface area (TPSA) is 87.4 Å². The maximum absolute atomic E-state index is 10.7. The quantitative estimate of drug-likeness (QED) is 0.389. The largest absolute Gasteiger partial charge is 0.385 e. The molecule has 0 aliphatic heterocycles. The van der Waals surface area contributed by atoms with Crippen molar-refractivity contribution in [1.82, 2.24) is 0 Å². The lowest BCUT2D eigenvalue weighted by molar-refractivity contribution is -0.383. The second-order valence-electron chi connectivity index (χ2n) is 2.85. The van der Waals surface area contributed by atoms with Gasteiger partial charge in [0.15, 0.2) is 0 Å². The van der Waals surface area contributed by atoms with E-state index in [9.17, 15) is 10.1 Å². The minimum atomic E-state index is -0.487. The highest BCUT2D eigenvalue weighted by molar-refractivity contribution is 5.67. The highest BCUT2D eigenvalue weighted by Crippen LogP contribution is 2.27. The summed E-state index contributed by atoms with van der Waals surface area (Å²) in [4.78, 5) is 10.2. The minimum absolute atomic E-state index is 0.0532. The van der Waals surface area contributed by atoms with Crippen LogP contribution < -0.4 is 10.6 Å². The van der Waals surface area contributed by atoms with Gasteiger partial charge in [0.2, 0.25) is 0 Å². The van der Waals surface area contributed by atoms with Crippen LogP contribution in [0.5, 0.6) is 0 Å². The summed E-state index contributed by atoms with van der Waals surface area (Å²) in [5, 5.41) is 24.8. The zero-order valence-corrected chi connectivity index (χ0v) is 8.36. The van der Waals surface area contributed by atoms with Gasteiger partial charge in [-0.15, -0.1) is 0 Å². The molecule has 0 bridgehead atoms. The first-order chi connectivity index (χ1) is 7.19. The number of hydrogen-bond donors (Lipinski definition) is 3. The van der Waals surface area contributed by atoms with E-state index < -0.39 is 4.92 Å². The molecule has 3 N–H and O–H groups in total. The van der Waals surface area contributed by atoms with Crippen molar-refractivity contribution in [3.63, 3.8) is 0 Å². The van der Waals surface area contributed by atoms with Gasteiger partial charge in [0.25, 0.3) is 5.69 Å². The number of nitrogens with one attached hydrogen (secondary N) is 2. The lowest BCUT2D eigenvalue weighted by Gasteiger charge is -2.07. The fraction of sp³-hybridized carbons (Fsp3) is 0.333. The summed E-state index contributed by atoms with van der Waals surface area (Å²) in [5.41, 5.74) is 0.944. The van der Waals surface area contributed by atoms with Crippen molar-refractivity contribution in [3.05, 3.63) is 28.3 Å². The summed E-state index contributed by atoms with van der Waals surface area (Å²) in [5.74, 6) is 0. The molecule has 0 saturated heterocycles. The Morgan fingerprint density at radius 2 is 2.20 bits per heavy atom. The zero-order valence-electron chi connectivity index (χ0n) is 8.36. The molecule has 0 aromatic heterocycles. The number of nitro benzene ring substituents is 1. The molecule has 0 spiro atoms. The maximum Gasteiger partial charge on any atom is 0.294 e. The van der Waals surface area contributed by atoms with Crippen LogP contribution in [0.25, 0.3) is 0 Å². The second kappa shape index (κ2) is 5.16. The van der Waals surface area contributed by atoms with Crippen LogP contribution in [0.4, 0.5) is 17.1 Å². The van der Waals surface area contributed by atoms with Crippen molar-refractivity contribution in [3.8, 4) is 0 Å². The van der Waals surface area contributed by atoms with Crippen LogP contribution in [0.2, 0.25) is 0 Å². The van der Waals surface area contributed by atoms with E-state index in [1.54, 1.807) is 12.1 Å². The first kappa shape index (κ1) is 11.3. The van der Waals surface area contributed by atoms with Gasteiger partial charge in [-0.05, 0) is 19.1 Å². The molecule has 0 radical (unpaired) electrons. The van der Waals surface area contributed by atoms with E-state index in [-0.39, 0.29) is 12.4 Å². The monoisotopic (exact) mass is 211 g/mol. The van der Waals surface area contributed by atoms with E-state index >= 15 is 0 Å². The van der Waals surface area contributed by atoms with E-state index in [1.165, 1.54) is 6.07 Å². The Morgan fingerprint density at radius 1 is 1.47 bits per heavy atom. The summed E-state index contributed by atoms with van der Waals surface area (Å²) < 4.78 is 0. The van der Waals surface area contributed by atoms with Gasteiger partial charge in [0.05, 0.1) is 4.92 Å². The Bertz CT molecular complexity index is 354. The van der Waals surface area contributed by atoms with Crippen LogP contribution >= 0.6 is 0 Å². The van der Waals surface area contributed by atoms with Gasteiger partial charge in [-0.3, -0.25) is 10.1 Å². The van der Waals surface area contributed by atoms with Gasteiger partial charge in [0.1, 0.15) is 12.4 Å². The number of aliphatic hydroxyl groups excluding tert-OH is 1. The highest BCUT2D eigenvalue weighted by atomic mass is 16.6. The molecule has 0 saturated carbocycles. The van der Waals surface area contributed by atoms with Gasteiger partial charge in [0, 0.05) is 18.3 Å². The standard InChI is InChI=1S/C9H13N3O3/c1-2-10-7-3-4-8(11-6-13)9(5-7)12(14)15/h3-5,10-11,13H,2,6H2,1H3. The van der Waals surface area contributed by atoms with E-state index in [0.29, 0.717) is 17.9 Å². The maximum atomic E-state index is 10.7. The third-order valence-corrected chi connectivity index (χ3v) is 1.84. The van der Waals surface area contributed by atoms with Crippen LogP contribution in [0, 0.1) is 10.1 Å². The van der Waals surface area contributed by atoms with Gasteiger partial charge in [-0.2, -0.15) is 0 Å². The third kappa shape index (κ3) is 2.81. The molecule has 0 heterocycles. The number of aliphatic hydroxyl groups is 1. The fourth-order valence-corrected chi connectivity index (χ4v) is 1.23. The highest BCUT2D eigenvalue weighted by Gasteiger charge is 2.13. The average Bonchev–Trinajstić information content (AvgIpc) is 2.21. The summed E-state index contributed by atoms with van der Waals surface area (Å²) >= 11 is 0. The van der Waals surface area contributed by atoms with E-state index in [1.807, 2.05) is 6.92 Å². The first-order valence-corrected chi connectivity index (χ1v) is 4.56. The molecule has 82 valence electrons. The zero-order chi connectivity index (χ0) is 11.3. The molecule has 0 fully saturated rings. The predicted octanol–water partition coefficient (Wildman–Crippen LogP) is 1.39. The smallest absolute Gasteiger partial charge is 0.294 e. The van der Waals surface area contributed by atoms with Crippen LogP contribution in [0.1, 0.15) is 6.92 Å². The van der Waals surface area contributed by atoms with Crippen molar-refractivity contribution >= 4 is 17.1 Å². The molecule has 0 atom stereocenters. The fourth-order valence-electron chi connectivity index (χ4n) is 1.23. The molecule has 1 rings (SSSR count). The van der Waals surface area contributed by atoms with Crippen LogP contribution in [0.15, 0.2) is 18.2 Å². The number of nitro groups is 1. The summed E-state index contributed by atoms with van der Waals surface area (Å²) in [6.07, 6.45) is 0. The van der Waals surface area contributed by atoms with Gasteiger partial charge in [-0.25, -0.2) is 0 Å². The minimum Gasteiger partial charge on any atom is -0.385 e. The van der Waals surface area contributed by atoms with Crippen molar-refractivity contribution < 1.29 is 10.0 Å². The Labute approximate surface area is 87.1 Å². The van der Waals surface area contributed by atoms with Crippen molar-refractivity contribution in [1.29, 1.82) is 0 Å². The Kier molecular flexibility index (Phi) is 3.87. The Morgan fingerprint density at radius 3 is 2.73 bits per heavy atom. The van der Waals surface area contributed by atoms with Crippen molar-refractivity contribution in [2.24, 2.45) is 0 Å². The van der Waals surface area contributed by atoms with Crippen LogP contribution in [0.3, 0.4) is 0 Å². The van der Waals surface area contributed by atoms with E-state index in [0.717, 1.165) is 0 Å². The van der Waals surface area contributed by atoms with E-state index in [4.69, 9.17) is 5.11 Å². The Balaban J connectivity index is 3.03. The molecule has 0 amide bonds. The van der Waals surface area contributed by atoms with E-state index in [2.05, 4.69) is 10.6 Å². The number of benzene rings is 1. The van der Waals surface area contributed by atoms with Gasteiger partial charge >= 0.3 is 0 Å². The lowest BCUT2D eigenvalue weighted by Crippen LogP contribution is -2.04. The number of hydrogen-bond acceptors (Lipinski definition) is 5. The molecule has 0 unspecified atom stereocenters. The normalized spacial score (nSPS) is 9.73. The summed E-state index contributed by atoms with van der Waals surface area (Å²) in [7, 11) is 0. The average molecular weight is 211 g/mol. The van der Waals surface area contributed by atoms with Crippen LogP contribution in [-0.2, 0) is 0 Å². The number of anilines is 2. The van der Waals surface area contributed by atoms with Crippen LogP contribution in [-0.4, -0.2) is 23.3 Å². The first-order valence-electron chi connectivity index (χ1n) is 4.56. The van der Waals surface area contributed by atoms with Crippen molar-refractivity contribution in [2.75, 3.05) is 23.9 Å². The second-order valence-corrected chi connectivity index (χ2v) is 2.85. The summed E-state index contributed by atoms with van der Waals surface area (Å²) in [6, 6.07) is 4.71. The molecule has 6 nitrogen and oxygen atoms in total. The molecular weight excluding hydrogens is 198 g/mol. The SMILES string of the molecule is CCNc1ccc(NCO)c([N+](=O)[O-])c1. The molecule has 6 heteroatoms. The lowest BCUT2D eigenvalue weighted by atomic mass is 10.2. The molecule has 1 aromatic rings. The molecule has 0 aliphatic rings. The molecule has 15 heavy (non-hydrogen) atoms. The summed E-state index contributed by atoms with van der Waals surface area (Å²) in [6.45, 7) is 2.27. The van der Waals surface area contributed by atoms with Gasteiger partial charge in [-0.1, -0.05) is 0 Å². The van der Waals surface area contributed by atoms with Gasteiger partial charge < -0.3 is 15.7 Å². The molecule has 0 aliphatic carbocycles. The Hall–Kier alpha value is -1.82. The third-order valence-electron chi connectivity index (χ3n) is 1.84. The number of nitrogens with zero attached hydrogens (tertiary/aromatic N) is 1. The number of rotatable bonds is 5. The van der Waals surface area contributed by atoms with Crippen molar-refractivity contribution in [2.45, 2.75) is 6.92 Å². The molecular formula is C9H13N3O3. The molecule has 1 aromatic carbocycles. The predicted molar refractivity (Wildman–Crippen MR) is 58.0 cm³/mol.